The smallest absolute Gasteiger partial charge is 0.332 e. The molecule has 0 unspecified atom stereocenters. The van der Waals surface area contributed by atoms with Crippen LogP contribution in [0.2, 0.25) is 0 Å². The summed E-state index contributed by atoms with van der Waals surface area (Å²) in [6.07, 6.45) is 1.46. The molecule has 148 valence electrons. The summed E-state index contributed by atoms with van der Waals surface area (Å²) in [6, 6.07) is 27.3. The van der Waals surface area contributed by atoms with E-state index in [9.17, 15) is 4.79 Å². The summed E-state index contributed by atoms with van der Waals surface area (Å²) in [7, 11) is 1.62. The van der Waals surface area contributed by atoms with Crippen molar-refractivity contribution in [3.8, 4) is 5.75 Å². The van der Waals surface area contributed by atoms with Gasteiger partial charge in [-0.25, -0.2) is 4.79 Å². The highest BCUT2D eigenvalue weighted by atomic mass is 16.5. The number of hydrogen-bond donors (Lipinski definition) is 1. The molecule has 0 amide bonds. The first-order chi connectivity index (χ1) is 14.2. The quantitative estimate of drug-likeness (QED) is 0.336. The molecule has 0 spiro atoms. The Morgan fingerprint density at radius 2 is 1.45 bits per heavy atom. The molecule has 0 bridgehead atoms. The average Bonchev–Trinajstić information content (AvgIpc) is 2.78. The van der Waals surface area contributed by atoms with E-state index in [1.165, 1.54) is 6.08 Å². The zero-order chi connectivity index (χ0) is 20.5. The lowest BCUT2D eigenvalue weighted by Gasteiger charge is -2.28. The number of carbonyl (C=O) groups excluding carboxylic acids is 1. The number of benzene rings is 3. The maximum Gasteiger partial charge on any atom is 0.332 e. The third-order valence-electron chi connectivity index (χ3n) is 4.21. The van der Waals surface area contributed by atoms with Gasteiger partial charge in [-0.1, -0.05) is 36.4 Å². The average molecular weight is 388 g/mol. The van der Waals surface area contributed by atoms with Crippen LogP contribution >= 0.6 is 0 Å². The number of nitrogens with zero attached hydrogens (tertiary/aromatic N) is 1. The predicted molar refractivity (Wildman–Crippen MR) is 116 cm³/mol. The SMILES string of the molecule is CCOC(=O)C=C(NN(c1ccccc1)c1ccccc1)c1ccc(OC)cc1. The normalized spacial score (nSPS) is 10.9. The summed E-state index contributed by atoms with van der Waals surface area (Å²) >= 11 is 0. The summed E-state index contributed by atoms with van der Waals surface area (Å²) in [5, 5.41) is 1.93. The lowest BCUT2D eigenvalue weighted by atomic mass is 10.1. The Morgan fingerprint density at radius 3 is 1.93 bits per heavy atom. The summed E-state index contributed by atoms with van der Waals surface area (Å²) in [4.78, 5) is 12.2. The Bertz CT molecular complexity index is 899. The first-order valence-electron chi connectivity index (χ1n) is 9.41. The lowest BCUT2D eigenvalue weighted by Crippen LogP contribution is -2.33. The van der Waals surface area contributed by atoms with Gasteiger partial charge in [-0.15, -0.1) is 0 Å². The Morgan fingerprint density at radius 1 is 0.897 bits per heavy atom. The van der Waals surface area contributed by atoms with Gasteiger partial charge in [0.2, 0.25) is 0 Å². The van der Waals surface area contributed by atoms with E-state index in [4.69, 9.17) is 9.47 Å². The number of hydrogen-bond acceptors (Lipinski definition) is 5. The fourth-order valence-corrected chi connectivity index (χ4v) is 2.81. The fraction of sp³-hybridized carbons (Fsp3) is 0.125. The van der Waals surface area contributed by atoms with Crippen molar-refractivity contribution in [3.05, 3.63) is 96.6 Å². The maximum atomic E-state index is 12.2. The van der Waals surface area contributed by atoms with E-state index in [0.29, 0.717) is 12.3 Å². The van der Waals surface area contributed by atoms with Crippen LogP contribution in [0.3, 0.4) is 0 Å². The monoisotopic (exact) mass is 388 g/mol. The number of nitrogens with one attached hydrogen (secondary N) is 1. The van der Waals surface area contributed by atoms with E-state index in [1.807, 2.05) is 89.9 Å². The molecule has 1 N–H and O–H groups in total. The molecule has 3 aromatic carbocycles. The number of hydrazine groups is 1. The molecule has 3 rings (SSSR count). The zero-order valence-electron chi connectivity index (χ0n) is 16.5. The first kappa shape index (κ1) is 20.0. The Labute approximate surface area is 171 Å². The number of para-hydroxylation sites is 2. The molecule has 5 nitrogen and oxygen atoms in total. The van der Waals surface area contributed by atoms with Crippen LogP contribution in [0, 0.1) is 0 Å². The van der Waals surface area contributed by atoms with Crippen LogP contribution < -0.4 is 15.2 Å². The van der Waals surface area contributed by atoms with Crippen LogP contribution in [0.4, 0.5) is 11.4 Å². The molecule has 0 aliphatic carbocycles. The minimum absolute atomic E-state index is 0.312. The summed E-state index contributed by atoms with van der Waals surface area (Å²) in [6.45, 7) is 2.10. The number of rotatable bonds is 8. The minimum Gasteiger partial charge on any atom is -0.497 e. The fourth-order valence-electron chi connectivity index (χ4n) is 2.81. The van der Waals surface area contributed by atoms with Crippen molar-refractivity contribution in [2.24, 2.45) is 0 Å². The molecular formula is C24H24N2O3. The van der Waals surface area contributed by atoms with Crippen molar-refractivity contribution in [2.45, 2.75) is 6.92 Å². The molecule has 0 fully saturated rings. The largest absolute Gasteiger partial charge is 0.497 e. The number of methoxy groups -OCH3 is 1. The van der Waals surface area contributed by atoms with Crippen LogP contribution in [-0.2, 0) is 9.53 Å². The van der Waals surface area contributed by atoms with Gasteiger partial charge in [0, 0.05) is 6.08 Å². The highest BCUT2D eigenvalue weighted by Gasteiger charge is 2.14. The van der Waals surface area contributed by atoms with Crippen molar-refractivity contribution in [2.75, 3.05) is 18.7 Å². The molecule has 5 heteroatoms. The Balaban J connectivity index is 2.01. The summed E-state index contributed by atoms with van der Waals surface area (Å²) in [5.74, 6) is 0.333. The highest BCUT2D eigenvalue weighted by molar-refractivity contribution is 5.91. The molecule has 3 aromatic rings. The molecule has 29 heavy (non-hydrogen) atoms. The van der Waals surface area contributed by atoms with Crippen molar-refractivity contribution >= 4 is 23.0 Å². The molecule has 0 aliphatic heterocycles. The van der Waals surface area contributed by atoms with E-state index in [-0.39, 0.29) is 0 Å². The Hall–Kier alpha value is -3.73. The van der Waals surface area contributed by atoms with Gasteiger partial charge in [-0.3, -0.25) is 10.4 Å². The first-order valence-corrected chi connectivity index (χ1v) is 9.41. The van der Waals surface area contributed by atoms with Crippen LogP contribution in [0.1, 0.15) is 12.5 Å². The van der Waals surface area contributed by atoms with Gasteiger partial charge in [0.25, 0.3) is 0 Å². The summed E-state index contributed by atoms with van der Waals surface area (Å²) in [5.41, 5.74) is 6.69. The van der Waals surface area contributed by atoms with Crippen LogP contribution in [0.15, 0.2) is 91.0 Å². The number of ether oxygens (including phenoxy) is 2. The standard InChI is InChI=1S/C24H24N2O3/c1-3-29-24(27)18-23(19-14-16-22(28-2)17-15-19)25-26(20-10-6-4-7-11-20)21-12-8-5-9-13-21/h4-18,25H,3H2,1-2H3. The van der Waals surface area contributed by atoms with Gasteiger partial charge in [0.05, 0.1) is 30.8 Å². The number of anilines is 2. The topological polar surface area (TPSA) is 50.8 Å². The minimum atomic E-state index is -0.410. The van der Waals surface area contributed by atoms with Crippen molar-refractivity contribution in [1.29, 1.82) is 0 Å². The van der Waals surface area contributed by atoms with E-state index < -0.39 is 5.97 Å². The van der Waals surface area contributed by atoms with Crippen molar-refractivity contribution in [3.63, 3.8) is 0 Å². The second kappa shape index (κ2) is 9.99. The van der Waals surface area contributed by atoms with E-state index in [2.05, 4.69) is 5.43 Å². The third kappa shape index (κ3) is 5.39. The Kier molecular flexibility index (Phi) is 6.90. The second-order valence-electron chi connectivity index (χ2n) is 6.16. The van der Waals surface area contributed by atoms with Gasteiger partial charge in [-0.2, -0.15) is 0 Å². The number of esters is 1. The number of carbonyl (C=O) groups is 1. The molecule has 0 heterocycles. The van der Waals surface area contributed by atoms with Crippen LogP contribution in [-0.4, -0.2) is 19.7 Å². The van der Waals surface area contributed by atoms with Crippen molar-refractivity contribution in [1.82, 2.24) is 5.43 Å². The van der Waals surface area contributed by atoms with Crippen LogP contribution in [0.25, 0.3) is 5.70 Å². The van der Waals surface area contributed by atoms with E-state index in [1.54, 1.807) is 14.0 Å². The molecule has 0 atom stereocenters. The van der Waals surface area contributed by atoms with Gasteiger partial charge in [0.1, 0.15) is 5.75 Å². The molecule has 0 aliphatic rings. The van der Waals surface area contributed by atoms with Gasteiger partial charge >= 0.3 is 5.97 Å². The molecule has 0 aromatic heterocycles. The van der Waals surface area contributed by atoms with Crippen LogP contribution in [0.5, 0.6) is 5.75 Å². The van der Waals surface area contributed by atoms with Gasteiger partial charge in [0.15, 0.2) is 0 Å². The highest BCUT2D eigenvalue weighted by Crippen LogP contribution is 2.26. The van der Waals surface area contributed by atoms with Gasteiger partial charge in [-0.05, 0) is 61.0 Å². The predicted octanol–water partition coefficient (Wildman–Crippen LogP) is 4.94. The zero-order valence-corrected chi connectivity index (χ0v) is 16.5. The molecule has 0 saturated carbocycles. The lowest BCUT2D eigenvalue weighted by molar-refractivity contribution is -0.137. The second-order valence-corrected chi connectivity index (χ2v) is 6.16. The van der Waals surface area contributed by atoms with E-state index in [0.717, 1.165) is 22.7 Å². The molecule has 0 radical (unpaired) electrons. The van der Waals surface area contributed by atoms with Crippen molar-refractivity contribution < 1.29 is 14.3 Å². The maximum absolute atomic E-state index is 12.2. The molecular weight excluding hydrogens is 364 g/mol. The third-order valence-corrected chi connectivity index (χ3v) is 4.21. The summed E-state index contributed by atoms with van der Waals surface area (Å²) < 4.78 is 10.4. The van der Waals surface area contributed by atoms with E-state index >= 15 is 0 Å². The molecule has 0 saturated heterocycles. The van der Waals surface area contributed by atoms with Gasteiger partial charge < -0.3 is 9.47 Å².